The van der Waals surface area contributed by atoms with Crippen molar-refractivity contribution in [3.63, 3.8) is 0 Å². The van der Waals surface area contributed by atoms with Gasteiger partial charge in [-0.15, -0.1) is 0 Å². The van der Waals surface area contributed by atoms with Gasteiger partial charge in [0.2, 0.25) is 5.91 Å². The van der Waals surface area contributed by atoms with Crippen LogP contribution in [-0.2, 0) is 23.8 Å². The standard InChI is InChI=1S/C12H17BN4O6/c1-7(11(20)22-2)3-15-9(18)5-17-10(19)8(16-12(17)21)4-14-6-23-13/h6-8H,3-5H2,1-2H3,(H,15,18)(H,16,21). The number of hydrogen-bond acceptors (Lipinski definition) is 7. The molecule has 4 amide bonds. The largest absolute Gasteiger partial charge is 0.560 e. The lowest BCUT2D eigenvalue weighted by Crippen LogP contribution is -2.43. The Hall–Kier alpha value is -2.59. The van der Waals surface area contributed by atoms with E-state index in [4.69, 9.17) is 8.05 Å². The van der Waals surface area contributed by atoms with Crippen molar-refractivity contribution in [1.29, 1.82) is 0 Å². The van der Waals surface area contributed by atoms with Gasteiger partial charge in [0.05, 0.1) is 19.6 Å². The fraction of sp³-hybridized carbons (Fsp3) is 0.583. The summed E-state index contributed by atoms with van der Waals surface area (Å²) in [6, 6.07) is -1.57. The van der Waals surface area contributed by atoms with Crippen molar-refractivity contribution in [1.82, 2.24) is 15.5 Å². The normalized spacial score (nSPS) is 18.7. The van der Waals surface area contributed by atoms with Crippen molar-refractivity contribution < 1.29 is 28.6 Å². The van der Waals surface area contributed by atoms with Gasteiger partial charge in [0, 0.05) is 6.54 Å². The van der Waals surface area contributed by atoms with Crippen LogP contribution in [0.3, 0.4) is 0 Å². The minimum absolute atomic E-state index is 0.0384. The highest BCUT2D eigenvalue weighted by molar-refractivity contribution is 6.06. The number of nitrogens with one attached hydrogen (secondary N) is 2. The molecule has 2 atom stereocenters. The van der Waals surface area contributed by atoms with Gasteiger partial charge < -0.3 is 20.0 Å². The van der Waals surface area contributed by atoms with Gasteiger partial charge in [-0.3, -0.25) is 24.3 Å². The fourth-order valence-electron chi connectivity index (χ4n) is 1.79. The molecule has 1 aliphatic rings. The average Bonchev–Trinajstić information content (AvgIpc) is 2.79. The third-order valence-electron chi connectivity index (χ3n) is 3.04. The molecule has 0 aromatic carbocycles. The molecule has 10 nitrogen and oxygen atoms in total. The second kappa shape index (κ2) is 8.76. The second-order valence-electron chi connectivity index (χ2n) is 4.76. The lowest BCUT2D eigenvalue weighted by Gasteiger charge is -2.14. The number of ether oxygens (including phenoxy) is 1. The van der Waals surface area contributed by atoms with Crippen LogP contribution in [0.5, 0.6) is 0 Å². The monoisotopic (exact) mass is 324 g/mol. The predicted octanol–water partition coefficient (Wildman–Crippen LogP) is -2.04. The molecule has 1 rings (SSSR count). The van der Waals surface area contributed by atoms with Gasteiger partial charge in [0.1, 0.15) is 19.0 Å². The summed E-state index contributed by atoms with van der Waals surface area (Å²) in [5.74, 6) is -2.16. The molecular formula is C12H17BN4O6. The van der Waals surface area contributed by atoms with Gasteiger partial charge in [-0.05, 0) is 0 Å². The van der Waals surface area contributed by atoms with E-state index in [1.54, 1.807) is 6.92 Å². The molecule has 0 aromatic rings. The Labute approximate surface area is 134 Å². The zero-order valence-corrected chi connectivity index (χ0v) is 12.8. The van der Waals surface area contributed by atoms with Crippen molar-refractivity contribution in [2.24, 2.45) is 10.9 Å². The Kier molecular flexibility index (Phi) is 7.03. The van der Waals surface area contributed by atoms with Crippen LogP contribution in [0, 0.1) is 5.92 Å². The molecule has 1 heterocycles. The molecule has 0 spiro atoms. The number of aliphatic imine (C=N–C) groups is 1. The smallest absolute Gasteiger partial charge is 0.375 e. The third kappa shape index (κ3) is 5.27. The van der Waals surface area contributed by atoms with E-state index in [0.717, 1.165) is 11.3 Å². The van der Waals surface area contributed by atoms with Gasteiger partial charge in [-0.1, -0.05) is 6.92 Å². The van der Waals surface area contributed by atoms with Gasteiger partial charge >= 0.3 is 20.0 Å². The highest BCUT2D eigenvalue weighted by atomic mass is 16.5. The number of imide groups is 1. The Morgan fingerprint density at radius 1 is 1.52 bits per heavy atom. The predicted molar refractivity (Wildman–Crippen MR) is 78.4 cm³/mol. The van der Waals surface area contributed by atoms with E-state index < -0.39 is 42.3 Å². The molecule has 2 unspecified atom stereocenters. The summed E-state index contributed by atoms with van der Waals surface area (Å²) in [5, 5.41) is 4.84. The number of rotatable bonds is 8. The quantitative estimate of drug-likeness (QED) is 0.174. The van der Waals surface area contributed by atoms with E-state index in [0.29, 0.717) is 0 Å². The fourth-order valence-corrected chi connectivity index (χ4v) is 1.79. The maximum absolute atomic E-state index is 12.0. The Bertz CT molecular complexity index is 512. The molecule has 1 fully saturated rings. The van der Waals surface area contributed by atoms with Crippen molar-refractivity contribution in [3.05, 3.63) is 0 Å². The van der Waals surface area contributed by atoms with Crippen LogP contribution < -0.4 is 10.6 Å². The number of amides is 4. The van der Waals surface area contributed by atoms with Gasteiger partial charge in [0.25, 0.3) is 5.91 Å². The maximum Gasteiger partial charge on any atom is 0.375 e. The summed E-state index contributed by atoms with van der Waals surface area (Å²) >= 11 is 0. The maximum atomic E-state index is 12.0. The first-order valence-corrected chi connectivity index (χ1v) is 6.71. The van der Waals surface area contributed by atoms with E-state index in [1.807, 2.05) is 0 Å². The molecule has 0 saturated carbocycles. The number of methoxy groups -OCH3 is 1. The molecule has 1 aliphatic heterocycles. The van der Waals surface area contributed by atoms with Crippen molar-refractivity contribution in [2.45, 2.75) is 13.0 Å². The van der Waals surface area contributed by atoms with Crippen molar-refractivity contribution >= 4 is 38.3 Å². The molecule has 11 heteroatoms. The minimum Gasteiger partial charge on any atom is -0.560 e. The third-order valence-corrected chi connectivity index (χ3v) is 3.04. The second-order valence-corrected chi connectivity index (χ2v) is 4.76. The summed E-state index contributed by atoms with van der Waals surface area (Å²) in [4.78, 5) is 51.1. The summed E-state index contributed by atoms with van der Waals surface area (Å²) < 4.78 is 8.63. The van der Waals surface area contributed by atoms with Crippen LogP contribution in [-0.4, -0.2) is 76.0 Å². The van der Waals surface area contributed by atoms with Gasteiger partial charge in [-0.2, -0.15) is 0 Å². The van der Waals surface area contributed by atoms with Crippen LogP contribution >= 0.6 is 0 Å². The first kappa shape index (κ1) is 18.5. The lowest BCUT2D eigenvalue weighted by molar-refractivity contribution is -0.144. The Balaban J connectivity index is 2.48. The van der Waals surface area contributed by atoms with Crippen LogP contribution in [0.25, 0.3) is 0 Å². The molecule has 124 valence electrons. The van der Waals surface area contributed by atoms with E-state index in [-0.39, 0.29) is 13.1 Å². The number of carbonyl (C=O) groups excluding carboxylic acids is 4. The lowest BCUT2D eigenvalue weighted by atomic mass is 10.2. The highest BCUT2D eigenvalue weighted by Gasteiger charge is 2.38. The van der Waals surface area contributed by atoms with E-state index in [9.17, 15) is 19.2 Å². The first-order chi connectivity index (χ1) is 10.9. The van der Waals surface area contributed by atoms with Gasteiger partial charge in [0.15, 0.2) is 0 Å². The summed E-state index contributed by atoms with van der Waals surface area (Å²) in [5.41, 5.74) is 0. The first-order valence-electron chi connectivity index (χ1n) is 6.71. The van der Waals surface area contributed by atoms with E-state index in [2.05, 4.69) is 25.0 Å². The molecule has 2 N–H and O–H groups in total. The van der Waals surface area contributed by atoms with E-state index in [1.165, 1.54) is 7.11 Å². The van der Waals surface area contributed by atoms with Gasteiger partial charge in [-0.25, -0.2) is 4.79 Å². The van der Waals surface area contributed by atoms with Crippen molar-refractivity contribution in [3.8, 4) is 0 Å². The zero-order chi connectivity index (χ0) is 17.4. The summed E-state index contributed by atoms with van der Waals surface area (Å²) in [6.07, 6.45) is 0.934. The highest BCUT2D eigenvalue weighted by Crippen LogP contribution is 2.06. The van der Waals surface area contributed by atoms with Crippen molar-refractivity contribution in [2.75, 3.05) is 26.7 Å². The molecule has 0 aromatic heterocycles. The Morgan fingerprint density at radius 3 is 2.83 bits per heavy atom. The number of carbonyl (C=O) groups is 4. The topological polar surface area (TPSA) is 126 Å². The van der Waals surface area contributed by atoms with Crippen LogP contribution in [0.2, 0.25) is 0 Å². The Morgan fingerprint density at radius 2 is 2.22 bits per heavy atom. The molecule has 1 saturated heterocycles. The SMILES string of the molecule is [B]OC=NCC1NC(=O)N(CC(=O)NCC(C)C(=O)OC)C1=O. The van der Waals surface area contributed by atoms with E-state index >= 15 is 0 Å². The van der Waals surface area contributed by atoms with Crippen LogP contribution in [0.4, 0.5) is 4.79 Å². The number of urea groups is 1. The number of esters is 1. The summed E-state index contributed by atoms with van der Waals surface area (Å²) in [7, 11) is 5.98. The average molecular weight is 324 g/mol. The number of nitrogens with zero attached hydrogens (tertiary/aromatic N) is 2. The van der Waals surface area contributed by atoms with Crippen LogP contribution in [0.15, 0.2) is 4.99 Å². The molecular weight excluding hydrogens is 307 g/mol. The molecule has 23 heavy (non-hydrogen) atoms. The van der Waals surface area contributed by atoms with Crippen LogP contribution in [0.1, 0.15) is 6.92 Å². The molecule has 0 aliphatic carbocycles. The zero-order valence-electron chi connectivity index (χ0n) is 12.8. The summed E-state index contributed by atoms with van der Waals surface area (Å²) in [6.45, 7) is 1.11. The molecule has 2 radical (unpaired) electrons. The minimum atomic E-state index is -0.879. The number of hydrogen-bond donors (Lipinski definition) is 2. The molecule has 0 bridgehead atoms.